The van der Waals surface area contributed by atoms with Gasteiger partial charge in [-0.1, -0.05) is 34.4 Å². The van der Waals surface area contributed by atoms with E-state index in [1.807, 2.05) is 26.8 Å². The van der Waals surface area contributed by atoms with E-state index in [0.29, 0.717) is 23.2 Å². The minimum Gasteiger partial charge on any atom is -0.444 e. The monoisotopic (exact) mass is 344 g/mol. The zero-order valence-corrected chi connectivity index (χ0v) is 14.2. The maximum atomic E-state index is 11.7. The Morgan fingerprint density at radius 3 is 2.77 bits per heavy atom. The van der Waals surface area contributed by atoms with E-state index in [9.17, 15) is 4.79 Å². The molecule has 1 aliphatic heterocycles. The van der Waals surface area contributed by atoms with Crippen molar-refractivity contribution in [3.05, 3.63) is 33.8 Å². The maximum absolute atomic E-state index is 11.7. The van der Waals surface area contributed by atoms with E-state index in [0.717, 1.165) is 11.3 Å². The molecule has 22 heavy (non-hydrogen) atoms. The average Bonchev–Trinajstić information content (AvgIpc) is 2.86. The minimum atomic E-state index is -0.531. The largest absolute Gasteiger partial charge is 0.444 e. The Bertz CT molecular complexity index is 597. The first-order chi connectivity index (χ1) is 10.3. The summed E-state index contributed by atoms with van der Waals surface area (Å²) in [7, 11) is 0. The van der Waals surface area contributed by atoms with Gasteiger partial charge in [0.25, 0.3) is 0 Å². The number of alkyl carbamates (subject to hydrolysis) is 1. The first-order valence-electron chi connectivity index (χ1n) is 6.88. The number of carbonyl (C=O) groups is 1. The first-order valence-corrected chi connectivity index (χ1v) is 7.64. The summed E-state index contributed by atoms with van der Waals surface area (Å²) in [6, 6.07) is 5.26. The lowest BCUT2D eigenvalue weighted by molar-refractivity contribution is 0.0518. The summed E-state index contributed by atoms with van der Waals surface area (Å²) >= 11 is 11.9. The molecule has 1 aromatic carbocycles. The molecule has 1 N–H and O–H groups in total. The summed E-state index contributed by atoms with van der Waals surface area (Å²) in [5.41, 5.74) is 1.02. The number of nitrogens with one attached hydrogen (secondary N) is 1. The van der Waals surface area contributed by atoms with E-state index in [-0.39, 0.29) is 5.92 Å². The van der Waals surface area contributed by atoms with Crippen LogP contribution in [0.15, 0.2) is 23.4 Å². The number of nitrogens with zero attached hydrogens (tertiary/aromatic N) is 1. The van der Waals surface area contributed by atoms with E-state index in [2.05, 4.69) is 10.5 Å². The molecule has 0 fully saturated rings. The molecule has 0 radical (unpaired) electrons. The molecule has 1 aliphatic rings. The standard InChI is InChI=1S/C15H18Cl2N2O3/c1-15(2,3)22-14(20)18-7-10-8-21-19-13(10)9-4-5-11(16)12(17)6-9/h4-6,10H,7-8H2,1-3H3,(H,18,20). The topological polar surface area (TPSA) is 59.9 Å². The van der Waals surface area contributed by atoms with Gasteiger partial charge in [-0.2, -0.15) is 0 Å². The second kappa shape index (κ2) is 6.75. The van der Waals surface area contributed by atoms with Crippen molar-refractivity contribution in [2.45, 2.75) is 26.4 Å². The maximum Gasteiger partial charge on any atom is 0.407 e. The van der Waals surface area contributed by atoms with Crippen LogP contribution in [0.1, 0.15) is 26.3 Å². The third-order valence-electron chi connectivity index (χ3n) is 2.93. The molecule has 1 aromatic rings. The minimum absolute atomic E-state index is 0.0650. The molecule has 5 nitrogen and oxygen atoms in total. The normalized spacial score (nSPS) is 17.7. The summed E-state index contributed by atoms with van der Waals surface area (Å²) in [6.45, 7) is 6.20. The number of oxime groups is 1. The van der Waals surface area contributed by atoms with Gasteiger partial charge < -0.3 is 14.9 Å². The van der Waals surface area contributed by atoms with Gasteiger partial charge in [-0.15, -0.1) is 0 Å². The van der Waals surface area contributed by atoms with Crippen LogP contribution in [0.25, 0.3) is 0 Å². The Hall–Kier alpha value is -1.46. The fraction of sp³-hybridized carbons (Fsp3) is 0.467. The lowest BCUT2D eigenvalue weighted by Gasteiger charge is -2.20. The zero-order chi connectivity index (χ0) is 16.3. The van der Waals surface area contributed by atoms with Crippen LogP contribution >= 0.6 is 23.2 Å². The molecule has 0 bridgehead atoms. The number of hydrogen-bond acceptors (Lipinski definition) is 4. The van der Waals surface area contributed by atoms with E-state index in [1.165, 1.54) is 0 Å². The quantitative estimate of drug-likeness (QED) is 0.905. The summed E-state index contributed by atoms with van der Waals surface area (Å²) in [4.78, 5) is 16.9. The highest BCUT2D eigenvalue weighted by Crippen LogP contribution is 2.25. The van der Waals surface area contributed by atoms with Crippen LogP contribution in [0.2, 0.25) is 10.0 Å². The Morgan fingerprint density at radius 2 is 2.14 bits per heavy atom. The van der Waals surface area contributed by atoms with Crippen molar-refractivity contribution in [1.29, 1.82) is 0 Å². The molecule has 120 valence electrons. The number of amides is 1. The zero-order valence-electron chi connectivity index (χ0n) is 12.7. The van der Waals surface area contributed by atoms with Crippen molar-refractivity contribution in [3.63, 3.8) is 0 Å². The highest BCUT2D eigenvalue weighted by molar-refractivity contribution is 6.42. The molecule has 1 atom stereocenters. The number of hydrogen-bond donors (Lipinski definition) is 1. The Morgan fingerprint density at radius 1 is 1.41 bits per heavy atom. The lowest BCUT2D eigenvalue weighted by atomic mass is 9.98. The molecule has 1 amide bonds. The molecular weight excluding hydrogens is 327 g/mol. The smallest absolute Gasteiger partial charge is 0.407 e. The lowest BCUT2D eigenvalue weighted by Crippen LogP contribution is -2.37. The van der Waals surface area contributed by atoms with Gasteiger partial charge in [0.1, 0.15) is 12.2 Å². The predicted octanol–water partition coefficient (Wildman–Crippen LogP) is 3.87. The fourth-order valence-electron chi connectivity index (χ4n) is 1.97. The van der Waals surface area contributed by atoms with Gasteiger partial charge >= 0.3 is 6.09 Å². The molecule has 7 heteroatoms. The van der Waals surface area contributed by atoms with Crippen LogP contribution < -0.4 is 5.32 Å². The molecule has 0 aromatic heterocycles. The van der Waals surface area contributed by atoms with E-state index < -0.39 is 11.7 Å². The molecule has 0 spiro atoms. The van der Waals surface area contributed by atoms with E-state index >= 15 is 0 Å². The number of carbonyl (C=O) groups excluding carboxylic acids is 1. The van der Waals surface area contributed by atoms with Gasteiger partial charge in [0.15, 0.2) is 0 Å². The SMILES string of the molecule is CC(C)(C)OC(=O)NCC1CON=C1c1ccc(Cl)c(Cl)c1. The third kappa shape index (κ3) is 4.52. The first kappa shape index (κ1) is 16.9. The summed E-state index contributed by atoms with van der Waals surface area (Å²) in [5.74, 6) is -0.0650. The Labute approximate surface area is 139 Å². The van der Waals surface area contributed by atoms with Crippen LogP contribution in [-0.2, 0) is 9.57 Å². The highest BCUT2D eigenvalue weighted by atomic mass is 35.5. The van der Waals surface area contributed by atoms with Gasteiger partial charge in [-0.3, -0.25) is 0 Å². The van der Waals surface area contributed by atoms with Crippen LogP contribution in [-0.4, -0.2) is 30.6 Å². The number of ether oxygens (including phenoxy) is 1. The van der Waals surface area contributed by atoms with Crippen LogP contribution in [0.5, 0.6) is 0 Å². The molecule has 1 heterocycles. The van der Waals surface area contributed by atoms with Crippen molar-refractivity contribution < 1.29 is 14.4 Å². The second-order valence-electron chi connectivity index (χ2n) is 5.98. The van der Waals surface area contributed by atoms with Crippen molar-refractivity contribution >= 4 is 35.0 Å². The summed E-state index contributed by atoms with van der Waals surface area (Å²) in [5, 5.41) is 7.69. The second-order valence-corrected chi connectivity index (χ2v) is 6.80. The van der Waals surface area contributed by atoms with Gasteiger partial charge in [-0.25, -0.2) is 4.79 Å². The Balaban J connectivity index is 1.99. The van der Waals surface area contributed by atoms with Crippen molar-refractivity contribution in [2.24, 2.45) is 11.1 Å². The molecule has 0 saturated carbocycles. The molecule has 2 rings (SSSR count). The van der Waals surface area contributed by atoms with Crippen molar-refractivity contribution in [1.82, 2.24) is 5.32 Å². The average molecular weight is 345 g/mol. The molecule has 0 aliphatic carbocycles. The molecular formula is C15H18Cl2N2O3. The molecule has 0 saturated heterocycles. The van der Waals surface area contributed by atoms with Crippen LogP contribution in [0.4, 0.5) is 4.79 Å². The third-order valence-corrected chi connectivity index (χ3v) is 3.67. The number of rotatable bonds is 3. The Kier molecular flexibility index (Phi) is 5.19. The van der Waals surface area contributed by atoms with Crippen LogP contribution in [0.3, 0.4) is 0 Å². The predicted molar refractivity (Wildman–Crippen MR) is 86.7 cm³/mol. The number of benzene rings is 1. The highest BCUT2D eigenvalue weighted by Gasteiger charge is 2.26. The summed E-state index contributed by atoms with van der Waals surface area (Å²) in [6.07, 6.45) is -0.465. The van der Waals surface area contributed by atoms with Crippen LogP contribution in [0, 0.1) is 5.92 Å². The van der Waals surface area contributed by atoms with Crippen molar-refractivity contribution in [3.8, 4) is 0 Å². The van der Waals surface area contributed by atoms with E-state index in [1.54, 1.807) is 12.1 Å². The van der Waals surface area contributed by atoms with Gasteiger partial charge in [0, 0.05) is 12.1 Å². The molecule has 1 unspecified atom stereocenters. The number of halogens is 2. The van der Waals surface area contributed by atoms with E-state index in [4.69, 9.17) is 32.8 Å². The van der Waals surface area contributed by atoms with Gasteiger partial charge in [-0.05, 0) is 32.9 Å². The van der Waals surface area contributed by atoms with Gasteiger partial charge in [0.2, 0.25) is 0 Å². The van der Waals surface area contributed by atoms with Gasteiger partial charge in [0.05, 0.1) is 21.7 Å². The summed E-state index contributed by atoms with van der Waals surface area (Å²) < 4.78 is 5.20. The van der Waals surface area contributed by atoms with Crippen molar-refractivity contribution in [2.75, 3.05) is 13.2 Å². The fourth-order valence-corrected chi connectivity index (χ4v) is 2.27.